The molecule has 2 heteroatoms. The molecule has 0 aliphatic heterocycles. The second-order valence-electron chi connectivity index (χ2n) is 7.42. The van der Waals surface area contributed by atoms with Crippen molar-refractivity contribution in [3.63, 3.8) is 0 Å². The van der Waals surface area contributed by atoms with Crippen LogP contribution in [-0.2, 0) is 5.41 Å². The van der Waals surface area contributed by atoms with Crippen molar-refractivity contribution in [3.8, 4) is 0 Å². The van der Waals surface area contributed by atoms with Gasteiger partial charge in [-0.25, -0.2) is 0 Å². The minimum absolute atomic E-state index is 0.379. The Bertz CT molecular complexity index is 451. The molecule has 102 valence electrons. The number of rotatable bonds is 2. The molecule has 2 nitrogen and oxygen atoms in total. The van der Waals surface area contributed by atoms with E-state index in [1.807, 2.05) is 12.4 Å². The summed E-state index contributed by atoms with van der Waals surface area (Å²) in [6.45, 7) is 2.23. The van der Waals surface area contributed by atoms with Gasteiger partial charge in [0.05, 0.1) is 0 Å². The molecular formula is C17H24N2. The maximum Gasteiger partial charge on any atom is 0.0270 e. The van der Waals surface area contributed by atoms with Gasteiger partial charge < -0.3 is 5.73 Å². The van der Waals surface area contributed by atoms with E-state index in [9.17, 15) is 0 Å². The lowest BCUT2D eigenvalue weighted by molar-refractivity contribution is -0.0632. The molecule has 0 radical (unpaired) electrons. The van der Waals surface area contributed by atoms with E-state index in [0.29, 0.717) is 11.5 Å². The molecule has 3 atom stereocenters. The van der Waals surface area contributed by atoms with Crippen LogP contribution in [0.3, 0.4) is 0 Å². The summed E-state index contributed by atoms with van der Waals surface area (Å²) in [5.74, 6) is 3.49. The van der Waals surface area contributed by atoms with Crippen LogP contribution in [0.4, 0.5) is 0 Å². The Labute approximate surface area is 115 Å². The fraction of sp³-hybridized carbons (Fsp3) is 0.706. The van der Waals surface area contributed by atoms with Gasteiger partial charge in [-0.1, -0.05) is 0 Å². The van der Waals surface area contributed by atoms with Crippen LogP contribution >= 0.6 is 0 Å². The first kappa shape index (κ1) is 11.9. The topological polar surface area (TPSA) is 38.9 Å². The summed E-state index contributed by atoms with van der Waals surface area (Å²) in [4.78, 5) is 4.20. The minimum atomic E-state index is 0.379. The molecule has 1 heterocycles. The Kier molecular flexibility index (Phi) is 2.54. The van der Waals surface area contributed by atoms with Crippen molar-refractivity contribution >= 4 is 0 Å². The second kappa shape index (κ2) is 4.05. The van der Waals surface area contributed by atoms with Crippen molar-refractivity contribution in [2.75, 3.05) is 0 Å². The lowest BCUT2D eigenvalue weighted by Crippen LogP contribution is -2.56. The number of hydrogen-bond acceptors (Lipinski definition) is 2. The van der Waals surface area contributed by atoms with E-state index in [-0.39, 0.29) is 0 Å². The lowest BCUT2D eigenvalue weighted by atomic mass is 9.44. The molecule has 5 rings (SSSR count). The molecule has 4 aliphatic carbocycles. The largest absolute Gasteiger partial charge is 0.328 e. The quantitative estimate of drug-likeness (QED) is 0.883. The summed E-state index contributed by atoms with van der Waals surface area (Å²) in [7, 11) is 0. The molecule has 0 aromatic carbocycles. The molecular weight excluding hydrogens is 232 g/mol. The summed E-state index contributed by atoms with van der Waals surface area (Å²) in [5, 5.41) is 0. The summed E-state index contributed by atoms with van der Waals surface area (Å²) < 4.78 is 0. The predicted octanol–water partition coefficient (Wildman–Crippen LogP) is 3.12. The molecule has 1 aromatic rings. The second-order valence-corrected chi connectivity index (χ2v) is 7.42. The molecule has 0 spiro atoms. The molecule has 0 saturated heterocycles. The number of aromatic nitrogens is 1. The Morgan fingerprint density at radius 1 is 1.16 bits per heavy atom. The highest BCUT2D eigenvalue weighted by molar-refractivity contribution is 5.28. The fourth-order valence-corrected chi connectivity index (χ4v) is 5.98. The van der Waals surface area contributed by atoms with Crippen LogP contribution in [0, 0.1) is 23.7 Å². The molecule has 4 saturated carbocycles. The number of nitrogens with two attached hydrogens (primary N) is 1. The molecule has 0 amide bonds. The normalized spacial score (nSPS) is 45.4. The molecule has 19 heavy (non-hydrogen) atoms. The zero-order chi connectivity index (χ0) is 13.0. The van der Waals surface area contributed by atoms with Gasteiger partial charge in [-0.3, -0.25) is 4.98 Å². The van der Waals surface area contributed by atoms with Crippen LogP contribution in [0.25, 0.3) is 0 Å². The number of hydrogen-bond donors (Lipinski definition) is 1. The molecule has 3 unspecified atom stereocenters. The Morgan fingerprint density at radius 3 is 2.37 bits per heavy atom. The van der Waals surface area contributed by atoms with Gasteiger partial charge in [0.2, 0.25) is 0 Å². The summed E-state index contributed by atoms with van der Waals surface area (Å²) in [6, 6.07) is 4.90. The van der Waals surface area contributed by atoms with Crippen LogP contribution in [0.5, 0.6) is 0 Å². The monoisotopic (exact) mass is 256 g/mol. The fourth-order valence-electron chi connectivity index (χ4n) is 5.98. The minimum Gasteiger partial charge on any atom is -0.328 e. The van der Waals surface area contributed by atoms with Crippen LogP contribution in [0.15, 0.2) is 24.5 Å². The molecule has 4 aliphatic rings. The van der Waals surface area contributed by atoms with Crippen molar-refractivity contribution in [2.24, 2.45) is 29.4 Å². The van der Waals surface area contributed by atoms with Crippen LogP contribution < -0.4 is 5.73 Å². The van der Waals surface area contributed by atoms with Crippen LogP contribution in [-0.4, -0.2) is 11.0 Å². The van der Waals surface area contributed by atoms with Gasteiger partial charge in [0.15, 0.2) is 0 Å². The third kappa shape index (κ3) is 1.69. The highest BCUT2D eigenvalue weighted by atomic mass is 14.7. The van der Waals surface area contributed by atoms with Gasteiger partial charge in [-0.2, -0.15) is 0 Å². The average molecular weight is 256 g/mol. The van der Waals surface area contributed by atoms with Crippen molar-refractivity contribution in [1.82, 2.24) is 4.98 Å². The van der Waals surface area contributed by atoms with Gasteiger partial charge in [0.25, 0.3) is 0 Å². The van der Waals surface area contributed by atoms with E-state index in [1.54, 1.807) is 5.56 Å². The van der Waals surface area contributed by atoms with E-state index in [4.69, 9.17) is 5.73 Å². The third-order valence-electron chi connectivity index (χ3n) is 6.25. The first-order valence-corrected chi connectivity index (χ1v) is 7.84. The summed E-state index contributed by atoms with van der Waals surface area (Å²) >= 11 is 0. The standard InChI is InChI=1S/C17H24N2/c1-11(18)16-13-6-12-7-14(16)10-17(8-12,9-13)15-2-4-19-5-3-15/h2-5,11-14,16H,6-10,18H2,1H3. The number of nitrogens with zero attached hydrogens (tertiary/aromatic N) is 1. The predicted molar refractivity (Wildman–Crippen MR) is 76.6 cm³/mol. The maximum absolute atomic E-state index is 6.29. The Hall–Kier alpha value is -0.890. The van der Waals surface area contributed by atoms with Gasteiger partial charge >= 0.3 is 0 Å². The third-order valence-corrected chi connectivity index (χ3v) is 6.25. The van der Waals surface area contributed by atoms with E-state index in [1.165, 1.54) is 32.1 Å². The zero-order valence-corrected chi connectivity index (χ0v) is 11.8. The van der Waals surface area contributed by atoms with Gasteiger partial charge in [-0.15, -0.1) is 0 Å². The Balaban J connectivity index is 1.71. The molecule has 1 aromatic heterocycles. The highest BCUT2D eigenvalue weighted by Gasteiger charge is 2.56. The van der Waals surface area contributed by atoms with E-state index in [0.717, 1.165) is 23.7 Å². The van der Waals surface area contributed by atoms with Crippen molar-refractivity contribution < 1.29 is 0 Å². The first-order chi connectivity index (χ1) is 9.18. The van der Waals surface area contributed by atoms with E-state index >= 15 is 0 Å². The maximum atomic E-state index is 6.29. The van der Waals surface area contributed by atoms with Gasteiger partial charge in [-0.05, 0) is 85.8 Å². The van der Waals surface area contributed by atoms with Crippen LogP contribution in [0.1, 0.15) is 44.6 Å². The van der Waals surface area contributed by atoms with E-state index < -0.39 is 0 Å². The van der Waals surface area contributed by atoms with Crippen molar-refractivity contribution in [2.45, 2.75) is 50.5 Å². The van der Waals surface area contributed by atoms with E-state index in [2.05, 4.69) is 24.0 Å². The molecule has 4 bridgehead atoms. The smallest absolute Gasteiger partial charge is 0.0270 e. The molecule has 4 fully saturated rings. The lowest BCUT2D eigenvalue weighted by Gasteiger charge is -2.61. The SMILES string of the molecule is CC(N)C1C2CC3CC1CC(c1ccncc1)(C3)C2. The average Bonchev–Trinajstić information content (AvgIpc) is 2.38. The van der Waals surface area contributed by atoms with Gasteiger partial charge in [0.1, 0.15) is 0 Å². The summed E-state index contributed by atoms with van der Waals surface area (Å²) in [6.07, 6.45) is 11.0. The zero-order valence-electron chi connectivity index (χ0n) is 11.8. The van der Waals surface area contributed by atoms with Crippen molar-refractivity contribution in [3.05, 3.63) is 30.1 Å². The van der Waals surface area contributed by atoms with Gasteiger partial charge in [0, 0.05) is 18.4 Å². The number of pyridine rings is 1. The molecule has 2 N–H and O–H groups in total. The van der Waals surface area contributed by atoms with Crippen LogP contribution in [0.2, 0.25) is 0 Å². The van der Waals surface area contributed by atoms with Crippen molar-refractivity contribution in [1.29, 1.82) is 0 Å². The summed E-state index contributed by atoms with van der Waals surface area (Å²) in [5.41, 5.74) is 8.30. The Morgan fingerprint density at radius 2 is 1.79 bits per heavy atom. The highest BCUT2D eigenvalue weighted by Crippen LogP contribution is 2.63. The first-order valence-electron chi connectivity index (χ1n) is 7.84.